The van der Waals surface area contributed by atoms with Crippen molar-refractivity contribution >= 4 is 44.4 Å². The van der Waals surface area contributed by atoms with Crippen LogP contribution in [0.1, 0.15) is 23.7 Å². The maximum absolute atomic E-state index is 11.8. The first-order chi connectivity index (χ1) is 17.9. The molecule has 14 heteroatoms. The molecular weight excluding hydrogens is 534 g/mol. The molecule has 0 unspecified atom stereocenters. The van der Waals surface area contributed by atoms with E-state index in [1.807, 2.05) is 34.9 Å². The standard InChI is InChI=1S/C24H27N5O7S2/c1-14(30)26-22-27-19(20(37-22)17-8-10-18(11-9-17)38(2,35)36)12-7-15-3-5-16(6-4-15)13-25-21(28-23(31)32)29-24(33)34/h3-6,8-11,21,25,28-29H,7,12-13H2,1-2H3,(H,31,32)(H,33,34)(H,26,27,30). The van der Waals surface area contributed by atoms with Gasteiger partial charge in [0.1, 0.15) is 0 Å². The van der Waals surface area contributed by atoms with Gasteiger partial charge in [0.05, 0.1) is 15.5 Å². The fourth-order valence-electron chi connectivity index (χ4n) is 3.50. The summed E-state index contributed by atoms with van der Waals surface area (Å²) in [6.45, 7) is 1.61. The number of hydrogen-bond donors (Lipinski definition) is 6. The fraction of sp³-hybridized carbons (Fsp3) is 0.250. The van der Waals surface area contributed by atoms with Crippen LogP contribution in [0.25, 0.3) is 10.4 Å². The SMILES string of the molecule is CC(=O)Nc1nc(CCc2ccc(CNC(NC(=O)O)NC(=O)O)cc2)c(-c2ccc(S(C)(=O)=O)cc2)s1. The second-order valence-corrected chi connectivity index (χ2v) is 11.3. The van der Waals surface area contributed by atoms with E-state index in [1.54, 1.807) is 24.3 Å². The number of thiazole rings is 1. The highest BCUT2D eigenvalue weighted by Gasteiger charge is 2.16. The van der Waals surface area contributed by atoms with Crippen LogP contribution in [0.5, 0.6) is 0 Å². The molecule has 12 nitrogen and oxygen atoms in total. The van der Waals surface area contributed by atoms with E-state index >= 15 is 0 Å². The number of nitrogens with zero attached hydrogens (tertiary/aromatic N) is 1. The van der Waals surface area contributed by atoms with Gasteiger partial charge in [-0.3, -0.25) is 20.7 Å². The summed E-state index contributed by atoms with van der Waals surface area (Å²) >= 11 is 1.31. The zero-order valence-electron chi connectivity index (χ0n) is 20.5. The van der Waals surface area contributed by atoms with Crippen LogP contribution >= 0.6 is 11.3 Å². The first-order valence-corrected chi connectivity index (χ1v) is 14.0. The van der Waals surface area contributed by atoms with Crippen molar-refractivity contribution in [1.82, 2.24) is 20.9 Å². The predicted octanol–water partition coefficient (Wildman–Crippen LogP) is 2.87. The Hall–Kier alpha value is -4.01. The Morgan fingerprint density at radius 3 is 2.03 bits per heavy atom. The number of carbonyl (C=O) groups is 3. The molecule has 6 N–H and O–H groups in total. The maximum Gasteiger partial charge on any atom is 0.407 e. The number of nitrogens with one attached hydrogen (secondary N) is 4. The Morgan fingerprint density at radius 2 is 1.50 bits per heavy atom. The first-order valence-electron chi connectivity index (χ1n) is 11.3. The Bertz CT molecular complexity index is 1390. The van der Waals surface area contributed by atoms with Crippen LogP contribution in [0.2, 0.25) is 0 Å². The highest BCUT2D eigenvalue weighted by molar-refractivity contribution is 7.90. The number of aryl methyl sites for hydroxylation is 2. The molecule has 0 aliphatic rings. The summed E-state index contributed by atoms with van der Waals surface area (Å²) in [7, 11) is -3.33. The van der Waals surface area contributed by atoms with Gasteiger partial charge in [0.25, 0.3) is 0 Å². The second kappa shape index (κ2) is 12.5. The van der Waals surface area contributed by atoms with E-state index in [2.05, 4.69) is 15.6 Å². The van der Waals surface area contributed by atoms with Crippen LogP contribution in [0.4, 0.5) is 14.7 Å². The number of hydrogen-bond acceptors (Lipinski definition) is 8. The quantitative estimate of drug-likeness (QED) is 0.191. The highest BCUT2D eigenvalue weighted by atomic mass is 32.2. The lowest BCUT2D eigenvalue weighted by molar-refractivity contribution is -0.114. The van der Waals surface area contributed by atoms with Gasteiger partial charge in [-0.2, -0.15) is 0 Å². The average molecular weight is 562 g/mol. The van der Waals surface area contributed by atoms with Gasteiger partial charge in [0.2, 0.25) is 5.91 Å². The summed E-state index contributed by atoms with van der Waals surface area (Å²) in [6.07, 6.45) is -1.58. The number of sulfone groups is 1. The lowest BCUT2D eigenvalue weighted by Gasteiger charge is -2.18. The number of amides is 3. The summed E-state index contributed by atoms with van der Waals surface area (Å²) < 4.78 is 23.6. The van der Waals surface area contributed by atoms with Gasteiger partial charge in [-0.15, -0.1) is 0 Å². The predicted molar refractivity (Wildman–Crippen MR) is 142 cm³/mol. The Kier molecular flexibility index (Phi) is 9.39. The molecule has 3 amide bonds. The van der Waals surface area contributed by atoms with Gasteiger partial charge in [-0.05, 0) is 41.7 Å². The number of carbonyl (C=O) groups excluding carboxylic acids is 1. The zero-order valence-corrected chi connectivity index (χ0v) is 22.1. The van der Waals surface area contributed by atoms with E-state index in [-0.39, 0.29) is 17.3 Å². The molecule has 0 spiro atoms. The Labute approximate surface area is 223 Å². The number of carboxylic acid groups (broad SMARTS) is 2. The van der Waals surface area contributed by atoms with Gasteiger partial charge < -0.3 is 15.5 Å². The Morgan fingerprint density at radius 1 is 0.921 bits per heavy atom. The van der Waals surface area contributed by atoms with Crippen molar-refractivity contribution < 1.29 is 33.0 Å². The monoisotopic (exact) mass is 561 g/mol. The van der Waals surface area contributed by atoms with Crippen LogP contribution in [0.15, 0.2) is 53.4 Å². The van der Waals surface area contributed by atoms with Crippen molar-refractivity contribution in [3.05, 3.63) is 65.4 Å². The third-order valence-electron chi connectivity index (χ3n) is 5.24. The molecule has 38 heavy (non-hydrogen) atoms. The van der Waals surface area contributed by atoms with E-state index in [4.69, 9.17) is 10.2 Å². The molecule has 3 aromatic rings. The molecule has 0 atom stereocenters. The second-order valence-electron chi connectivity index (χ2n) is 8.30. The minimum absolute atomic E-state index is 0.214. The van der Waals surface area contributed by atoms with Crippen LogP contribution in [0.3, 0.4) is 0 Å². The van der Waals surface area contributed by atoms with Crippen molar-refractivity contribution in [3.8, 4) is 10.4 Å². The third-order valence-corrected chi connectivity index (χ3v) is 7.43. The zero-order chi connectivity index (χ0) is 27.9. The Balaban J connectivity index is 1.70. The van der Waals surface area contributed by atoms with E-state index in [1.165, 1.54) is 18.3 Å². The summed E-state index contributed by atoms with van der Waals surface area (Å²) in [5.41, 5.74) is 3.37. The van der Waals surface area contributed by atoms with Gasteiger partial charge in [-0.25, -0.2) is 23.0 Å². The highest BCUT2D eigenvalue weighted by Crippen LogP contribution is 2.34. The molecule has 0 saturated carbocycles. The van der Waals surface area contributed by atoms with Crippen molar-refractivity contribution in [1.29, 1.82) is 0 Å². The molecule has 0 aliphatic heterocycles. The number of benzene rings is 2. The summed E-state index contributed by atoms with van der Waals surface area (Å²) in [4.78, 5) is 38.8. The lowest BCUT2D eigenvalue weighted by Crippen LogP contribution is -2.55. The molecule has 202 valence electrons. The summed E-state index contributed by atoms with van der Waals surface area (Å²) in [5, 5.41) is 27.6. The van der Waals surface area contributed by atoms with Crippen molar-refractivity contribution in [2.75, 3.05) is 11.6 Å². The molecule has 0 fully saturated rings. The summed E-state index contributed by atoms with van der Waals surface area (Å²) in [6, 6.07) is 14.0. The first kappa shape index (κ1) is 28.6. The molecule has 0 aliphatic carbocycles. The summed E-state index contributed by atoms with van der Waals surface area (Å²) in [5.74, 6) is -0.243. The normalized spacial score (nSPS) is 11.2. The largest absolute Gasteiger partial charge is 0.465 e. The molecule has 1 heterocycles. The molecule has 1 aromatic heterocycles. The number of rotatable bonds is 11. The van der Waals surface area contributed by atoms with Crippen LogP contribution < -0.4 is 21.3 Å². The van der Waals surface area contributed by atoms with E-state index < -0.39 is 28.3 Å². The maximum atomic E-state index is 11.8. The van der Waals surface area contributed by atoms with Crippen molar-refractivity contribution in [2.24, 2.45) is 0 Å². The lowest BCUT2D eigenvalue weighted by atomic mass is 10.0. The van der Waals surface area contributed by atoms with Gasteiger partial charge in [0, 0.05) is 19.7 Å². The van der Waals surface area contributed by atoms with Gasteiger partial charge in [0.15, 0.2) is 21.3 Å². The van der Waals surface area contributed by atoms with Crippen LogP contribution in [-0.2, 0) is 34.0 Å². The number of anilines is 1. The molecule has 3 rings (SSSR count). The topological polar surface area (TPSA) is 187 Å². The smallest absolute Gasteiger partial charge is 0.407 e. The molecule has 0 radical (unpaired) electrons. The third kappa shape index (κ3) is 8.54. The minimum atomic E-state index is -3.33. The van der Waals surface area contributed by atoms with Crippen LogP contribution in [0, 0.1) is 0 Å². The van der Waals surface area contributed by atoms with Gasteiger partial charge in [-0.1, -0.05) is 47.7 Å². The van der Waals surface area contributed by atoms with Crippen molar-refractivity contribution in [2.45, 2.75) is 37.5 Å². The van der Waals surface area contributed by atoms with E-state index in [9.17, 15) is 22.8 Å². The fourth-order valence-corrected chi connectivity index (χ4v) is 5.19. The minimum Gasteiger partial charge on any atom is -0.465 e. The van der Waals surface area contributed by atoms with E-state index in [0.717, 1.165) is 33.5 Å². The van der Waals surface area contributed by atoms with Crippen molar-refractivity contribution in [3.63, 3.8) is 0 Å². The van der Waals surface area contributed by atoms with Gasteiger partial charge >= 0.3 is 12.2 Å². The molecular formula is C24H27N5O7S2. The molecule has 2 aromatic carbocycles. The average Bonchev–Trinajstić information content (AvgIpc) is 3.22. The molecule has 0 bridgehead atoms. The van der Waals surface area contributed by atoms with E-state index in [0.29, 0.717) is 18.0 Å². The molecule has 0 saturated heterocycles. The van der Waals surface area contributed by atoms with Crippen LogP contribution in [-0.4, -0.2) is 54.3 Å². The number of aromatic nitrogens is 1.